The number of benzene rings is 2. The number of amides is 3. The fourth-order valence-electron chi connectivity index (χ4n) is 2.99. The number of urea groups is 1. The lowest BCUT2D eigenvalue weighted by Crippen LogP contribution is -2.52. The summed E-state index contributed by atoms with van der Waals surface area (Å²) in [5.74, 6) is -1.69. The minimum atomic E-state index is -4.90. The Kier molecular flexibility index (Phi) is 6.50. The van der Waals surface area contributed by atoms with E-state index in [1.807, 2.05) is 0 Å². The minimum absolute atomic E-state index is 0.0525. The Morgan fingerprint density at radius 2 is 1.69 bits per heavy atom. The molecule has 14 heteroatoms. The van der Waals surface area contributed by atoms with E-state index in [4.69, 9.17) is 22.1 Å². The second-order valence-electron chi connectivity index (χ2n) is 7.32. The molecule has 3 aromatic rings. The summed E-state index contributed by atoms with van der Waals surface area (Å²) in [7, 11) is 0. The van der Waals surface area contributed by atoms with Gasteiger partial charge in [0, 0.05) is 24.0 Å². The molecule has 0 atom stereocenters. The Morgan fingerprint density at radius 1 is 0.972 bits per heavy atom. The summed E-state index contributed by atoms with van der Waals surface area (Å²) in [6.45, 7) is 0.0525. The summed E-state index contributed by atoms with van der Waals surface area (Å²) in [5.41, 5.74) is 5.98. The molecular weight excluding hydrogens is 512 g/mol. The number of nitrogens with zero attached hydrogens (tertiary/aromatic N) is 1. The topological polar surface area (TPSA) is 125 Å². The molecule has 1 aliphatic rings. The summed E-state index contributed by atoms with van der Waals surface area (Å²) < 4.78 is 67.0. The van der Waals surface area contributed by atoms with Gasteiger partial charge in [0.25, 0.3) is 5.91 Å². The van der Waals surface area contributed by atoms with Crippen molar-refractivity contribution in [2.75, 3.05) is 10.6 Å². The van der Waals surface area contributed by atoms with Gasteiger partial charge in [-0.15, -0.1) is 0 Å². The van der Waals surface area contributed by atoms with E-state index in [0.717, 1.165) is 18.2 Å². The second kappa shape index (κ2) is 9.41. The lowest BCUT2D eigenvalue weighted by Gasteiger charge is -2.31. The zero-order valence-corrected chi connectivity index (χ0v) is 18.6. The molecule has 0 saturated carbocycles. The highest BCUT2D eigenvalue weighted by molar-refractivity contribution is 6.33. The zero-order valence-electron chi connectivity index (χ0n) is 17.9. The Hall–Kier alpha value is -4.26. The molecule has 0 unspecified atom stereocenters. The van der Waals surface area contributed by atoms with Gasteiger partial charge in [-0.05, 0) is 42.0 Å². The van der Waals surface area contributed by atoms with E-state index in [9.17, 15) is 27.2 Å². The molecule has 4 rings (SSSR count). The van der Waals surface area contributed by atoms with E-state index in [0.29, 0.717) is 11.3 Å². The number of primary amides is 1. The number of anilines is 2. The molecule has 1 aliphatic heterocycles. The van der Waals surface area contributed by atoms with Crippen LogP contribution in [0.2, 0.25) is 5.02 Å². The molecular formula is C22H15ClF4N4O5. The fourth-order valence-corrected chi connectivity index (χ4v) is 3.15. The first-order valence-corrected chi connectivity index (χ1v) is 10.3. The summed E-state index contributed by atoms with van der Waals surface area (Å²) in [5, 5.41) is 4.95. The Labute approximate surface area is 205 Å². The third kappa shape index (κ3) is 5.35. The van der Waals surface area contributed by atoms with Gasteiger partial charge in [0.05, 0.1) is 10.7 Å². The third-order valence-corrected chi connectivity index (χ3v) is 5.01. The number of hydrogen-bond donors (Lipinski definition) is 3. The number of pyridine rings is 1. The van der Waals surface area contributed by atoms with Crippen LogP contribution in [0, 0.1) is 0 Å². The van der Waals surface area contributed by atoms with Crippen LogP contribution in [-0.2, 0) is 6.61 Å². The van der Waals surface area contributed by atoms with Crippen LogP contribution in [0.5, 0.6) is 17.2 Å². The van der Waals surface area contributed by atoms with Crippen molar-refractivity contribution in [1.82, 2.24) is 4.98 Å². The average molecular weight is 527 g/mol. The van der Waals surface area contributed by atoms with Gasteiger partial charge in [0.2, 0.25) is 0 Å². The van der Waals surface area contributed by atoms with Crippen molar-refractivity contribution in [3.05, 3.63) is 71.0 Å². The largest absolute Gasteiger partial charge is 0.507 e. The molecule has 0 spiro atoms. The molecule has 36 heavy (non-hydrogen) atoms. The monoisotopic (exact) mass is 526 g/mol. The third-order valence-electron chi connectivity index (χ3n) is 4.69. The molecule has 2 aromatic carbocycles. The smallest absolute Gasteiger partial charge is 0.489 e. The molecule has 0 radical (unpaired) electrons. The Morgan fingerprint density at radius 3 is 2.42 bits per heavy atom. The van der Waals surface area contributed by atoms with Gasteiger partial charge in [-0.1, -0.05) is 11.6 Å². The molecule has 2 heterocycles. The Balaban J connectivity index is 1.41. The predicted octanol–water partition coefficient (Wildman–Crippen LogP) is 5.01. The number of rotatable bonds is 6. The van der Waals surface area contributed by atoms with Crippen LogP contribution in [0.3, 0.4) is 0 Å². The van der Waals surface area contributed by atoms with Crippen LogP contribution in [0.1, 0.15) is 16.1 Å². The van der Waals surface area contributed by atoms with E-state index in [1.54, 1.807) is 12.1 Å². The molecule has 4 N–H and O–H groups in total. The number of halogens is 5. The van der Waals surface area contributed by atoms with Crippen LogP contribution in [0.15, 0.2) is 54.7 Å². The first kappa shape index (κ1) is 24.9. The van der Waals surface area contributed by atoms with E-state index < -0.39 is 35.7 Å². The van der Waals surface area contributed by atoms with Crippen molar-refractivity contribution in [3.63, 3.8) is 0 Å². The first-order chi connectivity index (χ1) is 16.9. The van der Waals surface area contributed by atoms with E-state index in [1.165, 1.54) is 24.4 Å². The normalized spacial score (nSPS) is 15.0. The van der Waals surface area contributed by atoms with Crippen molar-refractivity contribution in [3.8, 4) is 17.2 Å². The van der Waals surface area contributed by atoms with E-state index >= 15 is 0 Å². The van der Waals surface area contributed by atoms with E-state index in [2.05, 4.69) is 25.1 Å². The summed E-state index contributed by atoms with van der Waals surface area (Å²) in [4.78, 5) is 27.5. The van der Waals surface area contributed by atoms with Crippen molar-refractivity contribution in [1.29, 1.82) is 0 Å². The highest BCUT2D eigenvalue weighted by atomic mass is 35.5. The van der Waals surface area contributed by atoms with Gasteiger partial charge in [-0.25, -0.2) is 4.79 Å². The molecule has 0 saturated heterocycles. The molecule has 0 fully saturated rings. The maximum absolute atomic E-state index is 13.4. The van der Waals surface area contributed by atoms with Crippen molar-refractivity contribution < 1.29 is 41.4 Å². The minimum Gasteiger partial charge on any atom is -0.489 e. The van der Waals surface area contributed by atoms with Crippen LogP contribution < -0.4 is 30.6 Å². The number of hydrogen-bond acceptors (Lipinski definition) is 6. The number of carbonyl (C=O) groups is 2. The van der Waals surface area contributed by atoms with Crippen molar-refractivity contribution in [2.45, 2.75) is 18.8 Å². The molecule has 3 amide bonds. The van der Waals surface area contributed by atoms with Gasteiger partial charge in [0.1, 0.15) is 18.1 Å². The number of nitrogens with two attached hydrogens (primary N) is 1. The highest BCUT2D eigenvalue weighted by Gasteiger charge is 2.65. The lowest BCUT2D eigenvalue weighted by molar-refractivity contribution is -0.391. The average Bonchev–Trinajstić information content (AvgIpc) is 2.80. The number of ether oxygens (including phenoxy) is 3. The molecule has 1 aromatic heterocycles. The number of carbonyl (C=O) groups excluding carboxylic acids is 2. The summed E-state index contributed by atoms with van der Waals surface area (Å²) >= 11 is 6.12. The number of fused-ring (bicyclic) bond motifs is 1. The van der Waals surface area contributed by atoms with Crippen LogP contribution in [-0.4, -0.2) is 29.1 Å². The van der Waals surface area contributed by atoms with E-state index in [-0.39, 0.29) is 28.7 Å². The molecule has 0 aliphatic carbocycles. The van der Waals surface area contributed by atoms with Gasteiger partial charge in [-0.3, -0.25) is 9.78 Å². The van der Waals surface area contributed by atoms with Gasteiger partial charge >= 0.3 is 18.2 Å². The van der Waals surface area contributed by atoms with Crippen molar-refractivity contribution in [2.24, 2.45) is 5.73 Å². The standard InChI is InChI=1S/C22H15ClF4N4O5/c23-14-3-2-13(34-10-11-5-6-29-16(7-11)19(28)32)9-15(14)31-20(33)30-12-1-4-17-18(8-12)36-22(26,27)21(24,25)35-17/h1-9H,10H2,(H2,28,32)(H2,30,31,33). The van der Waals surface area contributed by atoms with Crippen LogP contribution in [0.25, 0.3) is 0 Å². The fraction of sp³-hybridized carbons (Fsp3) is 0.136. The number of aromatic nitrogens is 1. The van der Waals surface area contributed by atoms with Crippen LogP contribution in [0.4, 0.5) is 33.7 Å². The first-order valence-electron chi connectivity index (χ1n) is 9.96. The number of alkyl halides is 4. The molecule has 188 valence electrons. The predicted molar refractivity (Wildman–Crippen MR) is 119 cm³/mol. The Bertz CT molecular complexity index is 1340. The number of nitrogens with one attached hydrogen (secondary N) is 2. The zero-order chi connectivity index (χ0) is 26.1. The maximum Gasteiger partial charge on any atom is 0.507 e. The lowest BCUT2D eigenvalue weighted by atomic mass is 10.2. The quantitative estimate of drug-likeness (QED) is 0.388. The molecule has 0 bridgehead atoms. The summed E-state index contributed by atoms with van der Waals surface area (Å²) in [6.07, 6.45) is -8.34. The van der Waals surface area contributed by atoms with Crippen molar-refractivity contribution >= 4 is 34.9 Å². The SMILES string of the molecule is NC(=O)c1cc(COc2ccc(Cl)c(NC(=O)Nc3ccc4c(c3)OC(F)(F)C(F)(F)O4)c2)ccn1. The van der Waals surface area contributed by atoms with Gasteiger partial charge in [0.15, 0.2) is 11.5 Å². The van der Waals surface area contributed by atoms with Gasteiger partial charge < -0.3 is 30.6 Å². The van der Waals surface area contributed by atoms with Gasteiger partial charge in [-0.2, -0.15) is 17.6 Å². The molecule has 9 nitrogen and oxygen atoms in total. The second-order valence-corrected chi connectivity index (χ2v) is 7.73. The highest BCUT2D eigenvalue weighted by Crippen LogP contribution is 2.47. The maximum atomic E-state index is 13.4. The van der Waals surface area contributed by atoms with Crippen LogP contribution >= 0.6 is 11.6 Å². The summed E-state index contributed by atoms with van der Waals surface area (Å²) in [6, 6.07) is 9.67.